The summed E-state index contributed by atoms with van der Waals surface area (Å²) in [5.74, 6) is 0.622. The standard InChI is InChI=1S/C21H25N5O/c1-13(2)17-8-6-16(7-9-17)12-22-21(27)19-20(25-26-24-19)23-18-10-5-14(3)15(4)11-18/h5-11,13H,12H2,1-4H3,(H,22,27)(H2,23,24,25,26). The second-order valence-electron chi connectivity index (χ2n) is 7.02. The summed E-state index contributed by atoms with van der Waals surface area (Å²) in [5, 5.41) is 16.6. The Balaban J connectivity index is 1.65. The minimum atomic E-state index is -0.275. The second-order valence-corrected chi connectivity index (χ2v) is 7.02. The molecule has 0 saturated heterocycles. The number of H-pyrrole nitrogens is 1. The molecule has 0 aliphatic heterocycles. The van der Waals surface area contributed by atoms with Crippen LogP contribution in [0, 0.1) is 13.8 Å². The number of aromatic amines is 1. The number of nitrogens with one attached hydrogen (secondary N) is 3. The van der Waals surface area contributed by atoms with E-state index in [2.05, 4.69) is 58.9 Å². The summed E-state index contributed by atoms with van der Waals surface area (Å²) in [7, 11) is 0. The van der Waals surface area contributed by atoms with Crippen LogP contribution in [0.3, 0.4) is 0 Å². The van der Waals surface area contributed by atoms with Crippen molar-refractivity contribution in [3.63, 3.8) is 0 Å². The van der Waals surface area contributed by atoms with Crippen LogP contribution in [0.15, 0.2) is 42.5 Å². The Morgan fingerprint density at radius 2 is 1.78 bits per heavy atom. The monoisotopic (exact) mass is 363 g/mol. The zero-order valence-electron chi connectivity index (χ0n) is 16.1. The summed E-state index contributed by atoms with van der Waals surface area (Å²) in [4.78, 5) is 12.5. The molecule has 6 nitrogen and oxygen atoms in total. The molecule has 0 saturated carbocycles. The molecule has 27 heavy (non-hydrogen) atoms. The third kappa shape index (κ3) is 4.53. The quantitative estimate of drug-likeness (QED) is 0.612. The number of nitrogens with zero attached hydrogens (tertiary/aromatic N) is 2. The topological polar surface area (TPSA) is 82.7 Å². The molecule has 2 aromatic carbocycles. The van der Waals surface area contributed by atoms with E-state index in [9.17, 15) is 4.79 Å². The van der Waals surface area contributed by atoms with Gasteiger partial charge in [0, 0.05) is 12.2 Å². The van der Waals surface area contributed by atoms with Crippen molar-refractivity contribution in [1.82, 2.24) is 20.7 Å². The number of benzene rings is 2. The van der Waals surface area contributed by atoms with E-state index in [1.807, 2.05) is 37.3 Å². The maximum atomic E-state index is 12.5. The largest absolute Gasteiger partial charge is 0.346 e. The van der Waals surface area contributed by atoms with Crippen molar-refractivity contribution in [3.8, 4) is 0 Å². The maximum Gasteiger partial charge on any atom is 0.275 e. The number of anilines is 2. The third-order valence-electron chi connectivity index (χ3n) is 4.63. The van der Waals surface area contributed by atoms with E-state index in [4.69, 9.17) is 0 Å². The first kappa shape index (κ1) is 18.6. The van der Waals surface area contributed by atoms with Gasteiger partial charge in [-0.1, -0.05) is 44.2 Å². The molecular formula is C21H25N5O. The van der Waals surface area contributed by atoms with Crippen LogP contribution in [-0.2, 0) is 6.54 Å². The van der Waals surface area contributed by atoms with Gasteiger partial charge in [-0.05, 0) is 54.2 Å². The minimum absolute atomic E-state index is 0.243. The second kappa shape index (κ2) is 8.03. The van der Waals surface area contributed by atoms with Crippen LogP contribution in [0.2, 0.25) is 0 Å². The lowest BCUT2D eigenvalue weighted by molar-refractivity contribution is 0.0946. The first-order chi connectivity index (χ1) is 12.9. The Morgan fingerprint density at radius 1 is 1.04 bits per heavy atom. The Hall–Kier alpha value is -3.15. The number of carbonyl (C=O) groups is 1. The van der Waals surface area contributed by atoms with Crippen LogP contribution < -0.4 is 10.6 Å². The van der Waals surface area contributed by atoms with Gasteiger partial charge in [0.25, 0.3) is 5.91 Å². The molecular weight excluding hydrogens is 338 g/mol. The molecule has 0 aliphatic carbocycles. The van der Waals surface area contributed by atoms with Gasteiger partial charge < -0.3 is 10.6 Å². The van der Waals surface area contributed by atoms with E-state index in [0.29, 0.717) is 18.3 Å². The Labute approximate surface area is 159 Å². The van der Waals surface area contributed by atoms with Crippen molar-refractivity contribution in [2.75, 3.05) is 5.32 Å². The third-order valence-corrected chi connectivity index (χ3v) is 4.63. The molecule has 0 aliphatic rings. The highest BCUT2D eigenvalue weighted by Gasteiger charge is 2.16. The lowest BCUT2D eigenvalue weighted by Gasteiger charge is -2.09. The van der Waals surface area contributed by atoms with Crippen molar-refractivity contribution < 1.29 is 4.79 Å². The van der Waals surface area contributed by atoms with E-state index >= 15 is 0 Å². The van der Waals surface area contributed by atoms with E-state index < -0.39 is 0 Å². The maximum absolute atomic E-state index is 12.5. The molecule has 0 bridgehead atoms. The van der Waals surface area contributed by atoms with E-state index in [0.717, 1.165) is 11.3 Å². The molecule has 3 rings (SSSR count). The molecule has 1 aromatic heterocycles. The summed E-state index contributed by atoms with van der Waals surface area (Å²) in [6, 6.07) is 14.2. The molecule has 1 amide bonds. The fraction of sp³-hybridized carbons (Fsp3) is 0.286. The lowest BCUT2D eigenvalue weighted by Crippen LogP contribution is -2.24. The predicted molar refractivity (Wildman–Crippen MR) is 107 cm³/mol. The Kier molecular flexibility index (Phi) is 5.54. The number of amides is 1. The van der Waals surface area contributed by atoms with Gasteiger partial charge in [0.1, 0.15) is 0 Å². The highest BCUT2D eigenvalue weighted by atomic mass is 16.2. The average Bonchev–Trinajstić information content (AvgIpc) is 3.11. The van der Waals surface area contributed by atoms with Gasteiger partial charge in [-0.2, -0.15) is 5.21 Å². The smallest absolute Gasteiger partial charge is 0.275 e. The van der Waals surface area contributed by atoms with Gasteiger partial charge >= 0.3 is 0 Å². The van der Waals surface area contributed by atoms with E-state index in [-0.39, 0.29) is 11.6 Å². The SMILES string of the molecule is Cc1ccc(Nc2n[nH]nc2C(=O)NCc2ccc(C(C)C)cc2)cc1C. The summed E-state index contributed by atoms with van der Waals surface area (Å²) >= 11 is 0. The van der Waals surface area contributed by atoms with Gasteiger partial charge in [-0.3, -0.25) is 4.79 Å². The van der Waals surface area contributed by atoms with E-state index in [1.165, 1.54) is 16.7 Å². The summed E-state index contributed by atoms with van der Waals surface area (Å²) in [6.45, 7) is 8.85. The lowest BCUT2D eigenvalue weighted by atomic mass is 10.0. The number of aryl methyl sites for hydroxylation is 2. The average molecular weight is 363 g/mol. The first-order valence-corrected chi connectivity index (χ1v) is 9.06. The van der Waals surface area contributed by atoms with Gasteiger partial charge in [0.15, 0.2) is 11.5 Å². The normalized spacial score (nSPS) is 10.9. The number of aromatic nitrogens is 3. The van der Waals surface area contributed by atoms with Crippen molar-refractivity contribution in [2.24, 2.45) is 0 Å². The zero-order chi connectivity index (χ0) is 19.4. The summed E-state index contributed by atoms with van der Waals surface area (Å²) < 4.78 is 0. The summed E-state index contributed by atoms with van der Waals surface area (Å²) in [5.41, 5.74) is 5.81. The van der Waals surface area contributed by atoms with Gasteiger partial charge in [-0.25, -0.2) is 0 Å². The number of rotatable bonds is 6. The number of carbonyl (C=O) groups excluding carboxylic acids is 1. The first-order valence-electron chi connectivity index (χ1n) is 9.06. The molecule has 0 radical (unpaired) electrons. The van der Waals surface area contributed by atoms with Crippen molar-refractivity contribution in [2.45, 2.75) is 40.2 Å². The molecule has 0 unspecified atom stereocenters. The van der Waals surface area contributed by atoms with Gasteiger partial charge in [-0.15, -0.1) is 10.2 Å². The van der Waals surface area contributed by atoms with E-state index in [1.54, 1.807) is 0 Å². The molecule has 6 heteroatoms. The molecule has 140 valence electrons. The fourth-order valence-electron chi connectivity index (χ4n) is 2.72. The molecule has 1 heterocycles. The van der Waals surface area contributed by atoms with Crippen molar-refractivity contribution in [3.05, 3.63) is 70.4 Å². The van der Waals surface area contributed by atoms with Crippen LogP contribution in [0.4, 0.5) is 11.5 Å². The highest BCUT2D eigenvalue weighted by Crippen LogP contribution is 2.20. The van der Waals surface area contributed by atoms with Crippen LogP contribution in [0.25, 0.3) is 0 Å². The Bertz CT molecular complexity index is 928. The van der Waals surface area contributed by atoms with Crippen molar-refractivity contribution in [1.29, 1.82) is 0 Å². The fourth-order valence-corrected chi connectivity index (χ4v) is 2.72. The van der Waals surface area contributed by atoms with Crippen LogP contribution in [0.1, 0.15) is 52.5 Å². The number of hydrogen-bond acceptors (Lipinski definition) is 4. The Morgan fingerprint density at radius 3 is 2.44 bits per heavy atom. The zero-order valence-corrected chi connectivity index (χ0v) is 16.1. The van der Waals surface area contributed by atoms with Crippen LogP contribution in [0.5, 0.6) is 0 Å². The molecule has 3 aromatic rings. The van der Waals surface area contributed by atoms with Crippen LogP contribution >= 0.6 is 0 Å². The van der Waals surface area contributed by atoms with Gasteiger partial charge in [0.05, 0.1) is 0 Å². The minimum Gasteiger partial charge on any atom is -0.346 e. The van der Waals surface area contributed by atoms with Crippen LogP contribution in [-0.4, -0.2) is 21.3 Å². The van der Waals surface area contributed by atoms with Gasteiger partial charge in [0.2, 0.25) is 0 Å². The predicted octanol–water partition coefficient (Wildman–Crippen LogP) is 4.22. The molecule has 0 fully saturated rings. The summed E-state index contributed by atoms with van der Waals surface area (Å²) in [6.07, 6.45) is 0. The molecule has 0 atom stereocenters. The number of hydrogen-bond donors (Lipinski definition) is 3. The van der Waals surface area contributed by atoms with Crippen molar-refractivity contribution >= 4 is 17.4 Å². The molecule has 3 N–H and O–H groups in total. The highest BCUT2D eigenvalue weighted by molar-refractivity contribution is 5.97. The molecule has 0 spiro atoms.